The lowest BCUT2D eigenvalue weighted by Gasteiger charge is -1.88. The largest absolute Gasteiger partial charge is 0.482 e. The van der Waals surface area contributed by atoms with E-state index >= 15 is 0 Å². The van der Waals surface area contributed by atoms with Crippen molar-refractivity contribution in [3.05, 3.63) is 30.3 Å². The van der Waals surface area contributed by atoms with Crippen molar-refractivity contribution in [3.63, 3.8) is 0 Å². The first-order valence-electron chi connectivity index (χ1n) is 1.70. The minimum atomic E-state index is -1.75. The Labute approximate surface area is 52.0 Å². The zero-order valence-electron chi connectivity index (χ0n) is 4.24. The molecule has 10 heavy (non-hydrogen) atoms. The van der Waals surface area contributed by atoms with E-state index in [1.807, 2.05) is 0 Å². The third-order valence-corrected chi connectivity index (χ3v) is 0.438. The maximum Gasteiger partial charge on any atom is 0.482 e. The molecule has 56 valence electrons. The second-order valence-electron chi connectivity index (χ2n) is 0.982. The molecule has 0 aliphatic heterocycles. The number of hydrogen-bond acceptors (Lipinski definition) is 6. The van der Waals surface area contributed by atoms with E-state index < -0.39 is 20.3 Å². The van der Waals surface area contributed by atoms with Crippen molar-refractivity contribution in [2.45, 2.75) is 0 Å². The quantitative estimate of drug-likeness (QED) is 0.368. The molecule has 0 aromatic carbocycles. The molecule has 0 N–H and O–H groups in total. The van der Waals surface area contributed by atoms with Crippen LogP contribution in [0.25, 0.3) is 0 Å². The van der Waals surface area contributed by atoms with Gasteiger partial charge in [-0.1, -0.05) is 0 Å². The SMILES string of the molecule is O=[N+]([O-])N([N+](=O)[O-])[N+](=O)[O-]. The van der Waals surface area contributed by atoms with Gasteiger partial charge in [0.25, 0.3) is 15.1 Å². The van der Waals surface area contributed by atoms with E-state index in [0.717, 1.165) is 0 Å². The maximum atomic E-state index is 9.43. The minimum Gasteiger partial charge on any atom is -0.225 e. The molecule has 0 amide bonds. The normalized spacial score (nSPS) is 8.40. The second kappa shape index (κ2) is 2.52. The molecular formula is N4O6. The molecule has 0 rings (SSSR count). The molecule has 10 nitrogen and oxygen atoms in total. The highest BCUT2D eigenvalue weighted by molar-refractivity contribution is 4.01. The van der Waals surface area contributed by atoms with Gasteiger partial charge >= 0.3 is 5.23 Å². The van der Waals surface area contributed by atoms with Crippen LogP contribution in [0.5, 0.6) is 0 Å². The summed E-state index contributed by atoms with van der Waals surface area (Å²) in [5.41, 5.74) is 0. The highest BCUT2D eigenvalue weighted by Crippen LogP contribution is 1.86. The first kappa shape index (κ1) is 8.00. The van der Waals surface area contributed by atoms with Crippen molar-refractivity contribution in [3.8, 4) is 0 Å². The Kier molecular flexibility index (Phi) is 2.02. The predicted octanol–water partition coefficient (Wildman–Crippen LogP) is -1.14. The molecule has 0 saturated carbocycles. The Morgan fingerprint density at radius 3 is 1.00 bits per heavy atom. The van der Waals surface area contributed by atoms with Crippen LogP contribution >= 0.6 is 0 Å². The van der Waals surface area contributed by atoms with E-state index in [1.54, 1.807) is 0 Å². The average Bonchev–Trinajstić information content (AvgIpc) is 1.59. The number of rotatable bonds is 3. The molecule has 0 bridgehead atoms. The molecule has 0 fully saturated rings. The Hall–Kier alpha value is -2.00. The van der Waals surface area contributed by atoms with Gasteiger partial charge < -0.3 is 0 Å². The molecular weight excluding hydrogens is 152 g/mol. The van der Waals surface area contributed by atoms with Gasteiger partial charge in [-0.05, 0) is 0 Å². The zero-order valence-corrected chi connectivity index (χ0v) is 4.24. The number of hydrazine groups is 3. The summed E-state index contributed by atoms with van der Waals surface area (Å²) in [5.74, 6) is 0. The summed E-state index contributed by atoms with van der Waals surface area (Å²) in [5, 5.41) is 21.7. The van der Waals surface area contributed by atoms with Gasteiger partial charge in [-0.15, -0.1) is 0 Å². The van der Waals surface area contributed by atoms with Crippen molar-refractivity contribution in [2.75, 3.05) is 0 Å². The van der Waals surface area contributed by atoms with E-state index in [0.29, 0.717) is 0 Å². The Morgan fingerprint density at radius 1 is 0.800 bits per heavy atom. The maximum absolute atomic E-state index is 9.43. The highest BCUT2D eigenvalue weighted by atomic mass is 16.8. The second-order valence-corrected chi connectivity index (χ2v) is 0.982. The van der Waals surface area contributed by atoms with E-state index in [4.69, 9.17) is 0 Å². The van der Waals surface area contributed by atoms with Crippen LogP contribution in [0.3, 0.4) is 0 Å². The van der Waals surface area contributed by atoms with Gasteiger partial charge in [0.1, 0.15) is 0 Å². The van der Waals surface area contributed by atoms with Gasteiger partial charge in [0.05, 0.1) is 0 Å². The first-order valence-corrected chi connectivity index (χ1v) is 1.70. The Morgan fingerprint density at radius 2 is 1.00 bits per heavy atom. The molecule has 0 radical (unpaired) electrons. The molecule has 0 spiro atoms. The number of hydrogen-bond donors (Lipinski definition) is 0. The standard InChI is InChI=1S/N4O6/c5-2(6)1(3(7)8)4(9)10. The van der Waals surface area contributed by atoms with Crippen LogP contribution in [0.15, 0.2) is 0 Å². The summed E-state index contributed by atoms with van der Waals surface area (Å²) in [6.45, 7) is 0. The fourth-order valence-corrected chi connectivity index (χ4v) is 0.179. The fraction of sp³-hybridized carbons (Fsp3) is 0. The third kappa shape index (κ3) is 1.50. The van der Waals surface area contributed by atoms with Crippen LogP contribution < -0.4 is 0 Å². The van der Waals surface area contributed by atoms with Crippen molar-refractivity contribution < 1.29 is 15.1 Å². The lowest BCUT2D eigenvalue weighted by molar-refractivity contribution is -1.10. The van der Waals surface area contributed by atoms with Crippen LogP contribution in [-0.2, 0) is 0 Å². The molecule has 0 atom stereocenters. The third-order valence-electron chi connectivity index (χ3n) is 0.438. The Bertz CT molecular complexity index is 149. The predicted molar refractivity (Wildman–Crippen MR) is 22.8 cm³/mol. The van der Waals surface area contributed by atoms with E-state index in [9.17, 15) is 30.3 Å². The van der Waals surface area contributed by atoms with E-state index in [1.165, 1.54) is 0 Å². The van der Waals surface area contributed by atoms with Gasteiger partial charge in [-0.25, -0.2) is 30.3 Å². The van der Waals surface area contributed by atoms with Crippen molar-refractivity contribution >= 4 is 0 Å². The molecule has 0 heterocycles. The molecule has 0 aromatic rings. The average molecular weight is 152 g/mol. The lowest BCUT2D eigenvalue weighted by atomic mass is 12.1. The summed E-state index contributed by atoms with van der Waals surface area (Å²) in [7, 11) is 0. The topological polar surface area (TPSA) is 133 Å². The summed E-state index contributed by atoms with van der Waals surface area (Å²) >= 11 is 0. The Balaban J connectivity index is 4.43. The van der Waals surface area contributed by atoms with Gasteiger partial charge in [0.2, 0.25) is 0 Å². The van der Waals surface area contributed by atoms with Crippen molar-refractivity contribution in [1.82, 2.24) is 5.23 Å². The van der Waals surface area contributed by atoms with Gasteiger partial charge in [-0.2, -0.15) is 0 Å². The number of nitro groups is 3. The van der Waals surface area contributed by atoms with Crippen molar-refractivity contribution in [2.24, 2.45) is 0 Å². The summed E-state index contributed by atoms with van der Waals surface area (Å²) in [4.78, 5) is 28.3. The monoisotopic (exact) mass is 152 g/mol. The van der Waals surface area contributed by atoms with Gasteiger partial charge in [0, 0.05) is 0 Å². The van der Waals surface area contributed by atoms with Gasteiger partial charge in [-0.3, -0.25) is 0 Å². The molecule has 0 aromatic heterocycles. The lowest BCUT2D eigenvalue weighted by Crippen LogP contribution is -2.40. The minimum absolute atomic E-state index is 1.33. The van der Waals surface area contributed by atoms with E-state index in [-0.39, 0.29) is 0 Å². The first-order chi connectivity index (χ1) is 4.46. The zero-order chi connectivity index (χ0) is 8.31. The summed E-state index contributed by atoms with van der Waals surface area (Å²) < 4.78 is 0. The fourth-order valence-electron chi connectivity index (χ4n) is 0.179. The summed E-state index contributed by atoms with van der Waals surface area (Å²) in [6.07, 6.45) is 0. The van der Waals surface area contributed by atoms with Crippen molar-refractivity contribution in [1.29, 1.82) is 0 Å². The van der Waals surface area contributed by atoms with Crippen LogP contribution in [0.1, 0.15) is 0 Å². The molecule has 0 aliphatic carbocycles. The van der Waals surface area contributed by atoms with Crippen LogP contribution in [0.2, 0.25) is 0 Å². The van der Waals surface area contributed by atoms with Crippen LogP contribution in [0.4, 0.5) is 0 Å². The molecule has 0 saturated heterocycles. The molecule has 0 aliphatic rings. The van der Waals surface area contributed by atoms with Gasteiger partial charge in [0.15, 0.2) is 0 Å². The highest BCUT2D eigenvalue weighted by Gasteiger charge is 2.42. The van der Waals surface area contributed by atoms with Crippen LogP contribution in [-0.4, -0.2) is 20.3 Å². The number of nitrogens with zero attached hydrogens (tertiary/aromatic N) is 4. The van der Waals surface area contributed by atoms with Crippen LogP contribution in [0, 0.1) is 30.3 Å². The van der Waals surface area contributed by atoms with E-state index in [2.05, 4.69) is 0 Å². The smallest absolute Gasteiger partial charge is 0.225 e. The molecule has 10 heteroatoms. The molecule has 0 unspecified atom stereocenters. The summed E-state index contributed by atoms with van der Waals surface area (Å²) in [6, 6.07) is 0.